The fraction of sp³-hybridized carbons (Fsp3) is 0.560. The Morgan fingerprint density at radius 3 is 2.63 bits per heavy atom. The van der Waals surface area contributed by atoms with Gasteiger partial charge >= 0.3 is 12.6 Å². The van der Waals surface area contributed by atoms with Gasteiger partial charge in [0.15, 0.2) is 0 Å². The zero-order valence-electron chi connectivity index (χ0n) is 21.2. The maximum Gasteiger partial charge on any atom is 0.416 e. The van der Waals surface area contributed by atoms with Crippen LogP contribution in [-0.4, -0.2) is 64.6 Å². The summed E-state index contributed by atoms with van der Waals surface area (Å²) in [5, 5.41) is 2.80. The molecule has 1 saturated heterocycles. The minimum Gasteiger partial charge on any atom is -0.340 e. The molecule has 13 heteroatoms. The minimum absolute atomic E-state index is 0.0276. The van der Waals surface area contributed by atoms with Crippen LogP contribution in [0, 0.1) is 5.92 Å². The van der Waals surface area contributed by atoms with Crippen molar-refractivity contribution in [2.75, 3.05) is 36.4 Å². The summed E-state index contributed by atoms with van der Waals surface area (Å²) in [6, 6.07) is 3.24. The van der Waals surface area contributed by atoms with E-state index in [-0.39, 0.29) is 42.5 Å². The molecule has 0 aliphatic carbocycles. The number of aldehydes is 1. The van der Waals surface area contributed by atoms with E-state index in [4.69, 9.17) is 0 Å². The molecule has 3 heterocycles. The lowest BCUT2D eigenvalue weighted by Gasteiger charge is -2.33. The molecule has 2 unspecified atom stereocenters. The molecule has 1 fully saturated rings. The summed E-state index contributed by atoms with van der Waals surface area (Å²) in [6.45, 7) is 4.83. The fourth-order valence-corrected chi connectivity index (χ4v) is 4.44. The Labute approximate surface area is 217 Å². The van der Waals surface area contributed by atoms with Crippen molar-refractivity contribution in [2.45, 2.75) is 58.1 Å². The number of carbonyl (C=O) groups is 2. The Bertz CT molecular complexity index is 1100. The first kappa shape index (κ1) is 29.2. The standard InChI is InChI=1S/C25H31F5N6O2/c1-3-6-16(15-37)13-35(4-2)24-32-19(17-7-5-10-36(14-17)23(38)22(26)27)12-21(34-24)33-20-11-18(8-9-31-20)25(28,29)30/h8-9,11-12,15-17,22H,3-7,10,13-14H2,1-2H3,(H,31,32,33,34). The van der Waals surface area contributed by atoms with E-state index in [1.165, 1.54) is 6.07 Å². The van der Waals surface area contributed by atoms with Crippen molar-refractivity contribution in [3.05, 3.63) is 35.7 Å². The van der Waals surface area contributed by atoms with E-state index in [0.717, 1.165) is 35.9 Å². The average molecular weight is 543 g/mol. The molecule has 1 aliphatic rings. The van der Waals surface area contributed by atoms with Gasteiger partial charge in [0.25, 0.3) is 5.91 Å². The number of aromatic nitrogens is 3. The highest BCUT2D eigenvalue weighted by Crippen LogP contribution is 2.32. The van der Waals surface area contributed by atoms with Gasteiger partial charge in [0.05, 0.1) is 11.3 Å². The van der Waals surface area contributed by atoms with Gasteiger partial charge in [-0.05, 0) is 38.3 Å². The number of hydrogen-bond acceptors (Lipinski definition) is 7. The van der Waals surface area contributed by atoms with Crippen molar-refractivity contribution in [3.63, 3.8) is 0 Å². The van der Waals surface area contributed by atoms with Crippen LogP contribution in [0.4, 0.5) is 39.5 Å². The molecule has 1 aliphatic heterocycles. The third-order valence-electron chi connectivity index (χ3n) is 6.39. The highest BCUT2D eigenvalue weighted by atomic mass is 19.4. The first-order valence-corrected chi connectivity index (χ1v) is 12.5. The number of anilines is 3. The van der Waals surface area contributed by atoms with Gasteiger partial charge in [0, 0.05) is 50.3 Å². The zero-order valence-corrected chi connectivity index (χ0v) is 21.2. The smallest absolute Gasteiger partial charge is 0.340 e. The predicted octanol–water partition coefficient (Wildman–Crippen LogP) is 5.05. The molecule has 208 valence electrons. The Morgan fingerprint density at radius 1 is 1.24 bits per heavy atom. The summed E-state index contributed by atoms with van der Waals surface area (Å²) < 4.78 is 65.7. The van der Waals surface area contributed by atoms with Crippen molar-refractivity contribution in [3.8, 4) is 0 Å². The lowest BCUT2D eigenvalue weighted by atomic mass is 9.94. The average Bonchev–Trinajstić information content (AvgIpc) is 2.90. The number of nitrogens with zero attached hydrogens (tertiary/aromatic N) is 5. The van der Waals surface area contributed by atoms with Crippen LogP contribution in [0.15, 0.2) is 24.4 Å². The molecule has 3 rings (SSSR count). The predicted molar refractivity (Wildman–Crippen MR) is 131 cm³/mol. The van der Waals surface area contributed by atoms with Crippen LogP contribution in [0.1, 0.15) is 56.7 Å². The van der Waals surface area contributed by atoms with Gasteiger partial charge in [-0.2, -0.15) is 26.9 Å². The first-order valence-electron chi connectivity index (χ1n) is 12.5. The van der Waals surface area contributed by atoms with E-state index in [0.29, 0.717) is 38.0 Å². The topological polar surface area (TPSA) is 91.3 Å². The third kappa shape index (κ3) is 7.57. The van der Waals surface area contributed by atoms with E-state index < -0.39 is 24.1 Å². The van der Waals surface area contributed by atoms with E-state index >= 15 is 0 Å². The molecule has 8 nitrogen and oxygen atoms in total. The Morgan fingerprint density at radius 2 is 2.00 bits per heavy atom. The van der Waals surface area contributed by atoms with E-state index in [2.05, 4.69) is 20.3 Å². The van der Waals surface area contributed by atoms with Gasteiger partial charge in [-0.3, -0.25) is 4.79 Å². The molecular weight excluding hydrogens is 511 g/mol. The summed E-state index contributed by atoms with van der Waals surface area (Å²) >= 11 is 0. The lowest BCUT2D eigenvalue weighted by Crippen LogP contribution is -2.42. The Kier molecular flexibility index (Phi) is 9.92. The molecule has 2 aromatic rings. The monoisotopic (exact) mass is 542 g/mol. The van der Waals surface area contributed by atoms with Crippen LogP contribution in [0.3, 0.4) is 0 Å². The van der Waals surface area contributed by atoms with Crippen LogP contribution in [0.2, 0.25) is 0 Å². The van der Waals surface area contributed by atoms with Gasteiger partial charge in [-0.15, -0.1) is 0 Å². The van der Waals surface area contributed by atoms with Gasteiger partial charge in [-0.1, -0.05) is 13.3 Å². The van der Waals surface area contributed by atoms with Crippen molar-refractivity contribution in [2.24, 2.45) is 5.92 Å². The quantitative estimate of drug-likeness (QED) is 0.314. The van der Waals surface area contributed by atoms with Gasteiger partial charge in [0.2, 0.25) is 5.95 Å². The van der Waals surface area contributed by atoms with Crippen LogP contribution in [0.5, 0.6) is 0 Å². The lowest BCUT2D eigenvalue weighted by molar-refractivity contribution is -0.144. The summed E-state index contributed by atoms with van der Waals surface area (Å²) in [5.74, 6) is -1.61. The van der Waals surface area contributed by atoms with Crippen molar-refractivity contribution >= 4 is 29.8 Å². The molecule has 0 aromatic carbocycles. The Balaban J connectivity index is 1.99. The molecule has 0 saturated carbocycles. The molecule has 1 N–H and O–H groups in total. The maximum atomic E-state index is 13.2. The zero-order chi connectivity index (χ0) is 27.9. The van der Waals surface area contributed by atoms with E-state index in [1.54, 1.807) is 4.90 Å². The second-order valence-electron chi connectivity index (χ2n) is 9.18. The van der Waals surface area contributed by atoms with E-state index in [9.17, 15) is 31.5 Å². The second kappa shape index (κ2) is 12.9. The molecule has 0 radical (unpaired) electrons. The SMILES string of the molecule is CCCC(C=O)CN(CC)c1nc(Nc2cc(C(F)(F)F)ccn2)cc(C2CCCN(C(=O)C(F)F)C2)n1. The molecule has 2 atom stereocenters. The maximum absolute atomic E-state index is 13.2. The normalized spacial score (nSPS) is 16.8. The summed E-state index contributed by atoms with van der Waals surface area (Å²) in [7, 11) is 0. The van der Waals surface area contributed by atoms with Crippen LogP contribution in [0.25, 0.3) is 0 Å². The Hall–Kier alpha value is -3.38. The molecule has 2 aromatic heterocycles. The largest absolute Gasteiger partial charge is 0.416 e. The van der Waals surface area contributed by atoms with Crippen molar-refractivity contribution in [1.82, 2.24) is 19.9 Å². The number of halogens is 5. The van der Waals surface area contributed by atoms with Crippen molar-refractivity contribution in [1.29, 1.82) is 0 Å². The number of pyridine rings is 1. The molecule has 1 amide bonds. The molecule has 0 bridgehead atoms. The number of carbonyl (C=O) groups excluding carboxylic acids is 2. The number of rotatable bonds is 11. The molecule has 0 spiro atoms. The van der Waals surface area contributed by atoms with Gasteiger partial charge < -0.3 is 19.9 Å². The fourth-order valence-electron chi connectivity index (χ4n) is 4.44. The highest BCUT2D eigenvalue weighted by Gasteiger charge is 2.32. The summed E-state index contributed by atoms with van der Waals surface area (Å²) in [4.78, 5) is 39.5. The number of likely N-dealkylation sites (tertiary alicyclic amines) is 1. The molecular formula is C25H31F5N6O2. The van der Waals surface area contributed by atoms with E-state index in [1.807, 2.05) is 13.8 Å². The third-order valence-corrected chi connectivity index (χ3v) is 6.39. The second-order valence-corrected chi connectivity index (χ2v) is 9.18. The number of alkyl halides is 5. The summed E-state index contributed by atoms with van der Waals surface area (Å²) in [5.41, 5.74) is -0.436. The van der Waals surface area contributed by atoms with Crippen molar-refractivity contribution < 1.29 is 31.5 Å². The first-order chi connectivity index (χ1) is 18.0. The molecule has 38 heavy (non-hydrogen) atoms. The van der Waals surface area contributed by atoms with Gasteiger partial charge in [-0.25, -0.2) is 9.97 Å². The van der Waals surface area contributed by atoms with Crippen LogP contribution < -0.4 is 10.2 Å². The number of amides is 1. The minimum atomic E-state index is -4.56. The van der Waals surface area contributed by atoms with Crippen LogP contribution in [-0.2, 0) is 15.8 Å². The number of hydrogen-bond donors (Lipinski definition) is 1. The highest BCUT2D eigenvalue weighted by molar-refractivity contribution is 5.79. The number of piperidine rings is 1. The summed E-state index contributed by atoms with van der Waals surface area (Å²) in [6.07, 6.45) is -3.26. The van der Waals surface area contributed by atoms with Crippen LogP contribution >= 0.6 is 0 Å². The number of nitrogens with one attached hydrogen (secondary N) is 1. The van der Waals surface area contributed by atoms with Gasteiger partial charge in [0.1, 0.15) is 17.9 Å².